The van der Waals surface area contributed by atoms with Crippen LogP contribution in [-0.4, -0.2) is 37.0 Å². The van der Waals surface area contributed by atoms with Gasteiger partial charge in [0.2, 0.25) is 0 Å². The van der Waals surface area contributed by atoms with Crippen molar-refractivity contribution in [3.8, 4) is 5.75 Å². The standard InChI is InChI=1S/C11H16N2O2S/c1-15-9-5-10(16-7-9)11(14)13-4-2-3-8(12)6-13/h5,7-8H,2-4,6,12H2,1H3. The molecule has 1 atom stereocenters. The number of ether oxygens (including phenoxy) is 1. The lowest BCUT2D eigenvalue weighted by Crippen LogP contribution is -2.45. The maximum absolute atomic E-state index is 12.1. The Kier molecular flexibility index (Phi) is 3.46. The molecule has 2 heterocycles. The second-order valence-corrected chi connectivity index (χ2v) is 4.92. The van der Waals surface area contributed by atoms with E-state index < -0.39 is 0 Å². The van der Waals surface area contributed by atoms with Crippen LogP contribution in [0.5, 0.6) is 5.75 Å². The lowest BCUT2D eigenvalue weighted by molar-refractivity contribution is 0.0713. The molecule has 16 heavy (non-hydrogen) atoms. The van der Waals surface area contributed by atoms with Gasteiger partial charge in [-0.2, -0.15) is 0 Å². The third kappa shape index (κ3) is 2.36. The van der Waals surface area contributed by atoms with Gasteiger partial charge in [0.05, 0.1) is 12.0 Å². The van der Waals surface area contributed by atoms with Crippen LogP contribution in [0, 0.1) is 0 Å². The zero-order chi connectivity index (χ0) is 11.5. The molecular formula is C11H16N2O2S. The van der Waals surface area contributed by atoms with E-state index >= 15 is 0 Å². The summed E-state index contributed by atoms with van der Waals surface area (Å²) in [6.07, 6.45) is 2.01. The fourth-order valence-electron chi connectivity index (χ4n) is 1.89. The average molecular weight is 240 g/mol. The van der Waals surface area contributed by atoms with E-state index in [4.69, 9.17) is 10.5 Å². The predicted molar refractivity (Wildman–Crippen MR) is 64.0 cm³/mol. The van der Waals surface area contributed by atoms with Gasteiger partial charge in [-0.05, 0) is 12.8 Å². The highest BCUT2D eigenvalue weighted by atomic mass is 32.1. The molecule has 4 nitrogen and oxygen atoms in total. The van der Waals surface area contributed by atoms with Gasteiger partial charge in [0, 0.05) is 30.6 Å². The van der Waals surface area contributed by atoms with Crippen molar-refractivity contribution in [3.05, 3.63) is 16.3 Å². The van der Waals surface area contributed by atoms with E-state index in [0.29, 0.717) is 6.54 Å². The number of rotatable bonds is 2. The lowest BCUT2D eigenvalue weighted by atomic mass is 10.1. The zero-order valence-corrected chi connectivity index (χ0v) is 10.1. The Morgan fingerprint density at radius 1 is 1.69 bits per heavy atom. The predicted octanol–water partition coefficient (Wildman–Crippen LogP) is 1.32. The first-order chi connectivity index (χ1) is 7.70. The molecule has 1 fully saturated rings. The Morgan fingerprint density at radius 2 is 2.50 bits per heavy atom. The zero-order valence-electron chi connectivity index (χ0n) is 9.31. The van der Waals surface area contributed by atoms with Gasteiger partial charge in [0.25, 0.3) is 5.91 Å². The van der Waals surface area contributed by atoms with Crippen LogP contribution in [0.1, 0.15) is 22.5 Å². The lowest BCUT2D eigenvalue weighted by Gasteiger charge is -2.30. The van der Waals surface area contributed by atoms with Gasteiger partial charge in [-0.15, -0.1) is 11.3 Å². The van der Waals surface area contributed by atoms with Crippen LogP contribution < -0.4 is 10.5 Å². The summed E-state index contributed by atoms with van der Waals surface area (Å²) in [6, 6.07) is 1.91. The van der Waals surface area contributed by atoms with E-state index in [-0.39, 0.29) is 11.9 Å². The Hall–Kier alpha value is -1.07. The first kappa shape index (κ1) is 11.4. The van der Waals surface area contributed by atoms with Crippen molar-refractivity contribution in [1.29, 1.82) is 0 Å². The molecule has 1 saturated heterocycles. The highest BCUT2D eigenvalue weighted by Gasteiger charge is 2.23. The molecule has 2 N–H and O–H groups in total. The van der Waals surface area contributed by atoms with Crippen molar-refractivity contribution < 1.29 is 9.53 Å². The number of piperidine rings is 1. The number of thiophene rings is 1. The fourth-order valence-corrected chi connectivity index (χ4v) is 2.71. The Labute approximate surface area is 99.0 Å². The molecule has 0 aliphatic carbocycles. The molecule has 88 valence electrons. The number of hydrogen-bond donors (Lipinski definition) is 1. The summed E-state index contributed by atoms with van der Waals surface area (Å²) < 4.78 is 5.07. The minimum Gasteiger partial charge on any atom is -0.496 e. The summed E-state index contributed by atoms with van der Waals surface area (Å²) in [5, 5.41) is 1.84. The molecule has 1 amide bonds. The molecule has 0 radical (unpaired) electrons. The Morgan fingerprint density at radius 3 is 3.12 bits per heavy atom. The summed E-state index contributed by atoms with van der Waals surface area (Å²) in [5.41, 5.74) is 5.86. The third-order valence-electron chi connectivity index (χ3n) is 2.77. The summed E-state index contributed by atoms with van der Waals surface area (Å²) in [4.78, 5) is 14.7. The van der Waals surface area contributed by atoms with Crippen molar-refractivity contribution >= 4 is 17.2 Å². The second-order valence-electron chi connectivity index (χ2n) is 4.00. The quantitative estimate of drug-likeness (QED) is 0.848. The van der Waals surface area contributed by atoms with E-state index in [1.807, 2.05) is 10.3 Å². The van der Waals surface area contributed by atoms with Crippen LogP contribution in [0.4, 0.5) is 0 Å². The maximum atomic E-state index is 12.1. The molecule has 1 aromatic rings. The first-order valence-corrected chi connectivity index (χ1v) is 6.26. The van der Waals surface area contributed by atoms with Crippen molar-refractivity contribution in [1.82, 2.24) is 4.90 Å². The fraction of sp³-hybridized carbons (Fsp3) is 0.545. The van der Waals surface area contributed by atoms with Gasteiger partial charge in [-0.25, -0.2) is 0 Å². The van der Waals surface area contributed by atoms with Gasteiger partial charge in [-0.3, -0.25) is 4.79 Å². The van der Waals surface area contributed by atoms with Crippen LogP contribution in [-0.2, 0) is 0 Å². The number of hydrogen-bond acceptors (Lipinski definition) is 4. The molecular weight excluding hydrogens is 224 g/mol. The van der Waals surface area contributed by atoms with Crippen LogP contribution in [0.2, 0.25) is 0 Å². The topological polar surface area (TPSA) is 55.6 Å². The SMILES string of the molecule is COc1csc(C(=O)N2CCCC(N)C2)c1. The van der Waals surface area contributed by atoms with Crippen molar-refractivity contribution in [2.24, 2.45) is 5.73 Å². The molecule has 1 aliphatic heterocycles. The minimum atomic E-state index is 0.0726. The molecule has 0 aromatic carbocycles. The minimum absolute atomic E-state index is 0.0726. The van der Waals surface area contributed by atoms with E-state index in [2.05, 4.69) is 0 Å². The number of carbonyl (C=O) groups is 1. The smallest absolute Gasteiger partial charge is 0.264 e. The number of methoxy groups -OCH3 is 1. The van der Waals surface area contributed by atoms with Crippen molar-refractivity contribution in [2.45, 2.75) is 18.9 Å². The number of carbonyl (C=O) groups excluding carboxylic acids is 1. The summed E-state index contributed by atoms with van der Waals surface area (Å²) >= 11 is 1.42. The van der Waals surface area contributed by atoms with E-state index in [9.17, 15) is 4.79 Å². The van der Waals surface area contributed by atoms with Gasteiger partial charge in [0.1, 0.15) is 5.75 Å². The third-order valence-corrected chi connectivity index (χ3v) is 3.66. The van der Waals surface area contributed by atoms with Crippen LogP contribution in [0.25, 0.3) is 0 Å². The van der Waals surface area contributed by atoms with Gasteiger partial charge in [0.15, 0.2) is 0 Å². The molecule has 1 aliphatic rings. The van der Waals surface area contributed by atoms with Gasteiger partial charge < -0.3 is 15.4 Å². The van der Waals surface area contributed by atoms with Crippen LogP contribution in [0.3, 0.4) is 0 Å². The molecule has 1 aromatic heterocycles. The van der Waals surface area contributed by atoms with Crippen molar-refractivity contribution in [2.75, 3.05) is 20.2 Å². The monoisotopic (exact) mass is 240 g/mol. The van der Waals surface area contributed by atoms with Crippen molar-refractivity contribution in [3.63, 3.8) is 0 Å². The second kappa shape index (κ2) is 4.84. The molecule has 1 unspecified atom stereocenters. The molecule has 2 rings (SSSR count). The Balaban J connectivity index is 2.06. The van der Waals surface area contributed by atoms with Gasteiger partial charge in [-0.1, -0.05) is 0 Å². The van der Waals surface area contributed by atoms with Crippen LogP contribution >= 0.6 is 11.3 Å². The number of likely N-dealkylation sites (tertiary alicyclic amines) is 1. The highest BCUT2D eigenvalue weighted by Crippen LogP contribution is 2.23. The molecule has 0 bridgehead atoms. The highest BCUT2D eigenvalue weighted by molar-refractivity contribution is 7.12. The Bertz CT molecular complexity index is 378. The van der Waals surface area contributed by atoms with Crippen LogP contribution in [0.15, 0.2) is 11.4 Å². The number of nitrogens with zero attached hydrogens (tertiary/aromatic N) is 1. The maximum Gasteiger partial charge on any atom is 0.264 e. The van der Waals surface area contributed by atoms with E-state index in [1.54, 1.807) is 13.2 Å². The van der Waals surface area contributed by atoms with Gasteiger partial charge >= 0.3 is 0 Å². The molecule has 0 saturated carbocycles. The normalized spacial score (nSPS) is 20.9. The summed E-state index contributed by atoms with van der Waals surface area (Å²) in [7, 11) is 1.60. The summed E-state index contributed by atoms with van der Waals surface area (Å²) in [5.74, 6) is 0.818. The molecule has 0 spiro atoms. The number of nitrogens with two attached hydrogens (primary N) is 1. The largest absolute Gasteiger partial charge is 0.496 e. The first-order valence-electron chi connectivity index (χ1n) is 5.38. The van der Waals surface area contributed by atoms with E-state index in [1.165, 1.54) is 11.3 Å². The molecule has 5 heteroatoms. The summed E-state index contributed by atoms with van der Waals surface area (Å²) in [6.45, 7) is 1.48. The van der Waals surface area contributed by atoms with E-state index in [0.717, 1.165) is 30.0 Å². The number of amides is 1. The average Bonchev–Trinajstić information content (AvgIpc) is 2.76.